The van der Waals surface area contributed by atoms with Gasteiger partial charge in [-0.2, -0.15) is 0 Å². The van der Waals surface area contributed by atoms with Crippen LogP contribution < -0.4 is 16.0 Å². The Kier molecular flexibility index (Phi) is 10.5. The maximum Gasteiger partial charge on any atom is 0.325 e. The Bertz CT molecular complexity index is 815. The minimum Gasteiger partial charge on any atom is -0.468 e. The summed E-state index contributed by atoms with van der Waals surface area (Å²) in [7, 11) is 2.37. The summed E-state index contributed by atoms with van der Waals surface area (Å²) in [5.74, 6) is -2.95. The van der Waals surface area contributed by atoms with Crippen LogP contribution in [0.15, 0.2) is 0 Å². The summed E-state index contributed by atoms with van der Waals surface area (Å²) in [5, 5.41) is 7.44. The minimum atomic E-state index is -0.646. The zero-order chi connectivity index (χ0) is 22.3. The highest BCUT2D eigenvalue weighted by Gasteiger charge is 2.28. The smallest absolute Gasteiger partial charge is 0.325 e. The van der Waals surface area contributed by atoms with Crippen LogP contribution in [0.25, 0.3) is 0 Å². The average Bonchev–Trinajstić information content (AvgIpc) is 2.67. The third-order valence-electron chi connectivity index (χ3n) is 3.31. The average molecular weight is 743 g/mol. The van der Waals surface area contributed by atoms with Gasteiger partial charge in [-0.05, 0) is 67.8 Å². The first-order valence-electron chi connectivity index (χ1n) is 7.73. The Morgan fingerprint density at radius 2 is 1.14 bits per heavy atom. The molecule has 13 heteroatoms. The van der Waals surface area contributed by atoms with Gasteiger partial charge in [-0.15, -0.1) is 0 Å². The predicted molar refractivity (Wildman–Crippen MR) is 128 cm³/mol. The topological polar surface area (TPSA) is 140 Å². The van der Waals surface area contributed by atoms with Gasteiger partial charge in [0.15, 0.2) is 0 Å². The SMILES string of the molecule is COC(=O)CNC(=O)c1c(I)c(NC(C)=O)c(I)c(C(=O)NCC(=O)OC)c1I. The molecular weight excluding hydrogens is 727 g/mol. The van der Waals surface area contributed by atoms with Crippen LogP contribution in [0.4, 0.5) is 5.69 Å². The highest BCUT2D eigenvalue weighted by molar-refractivity contribution is 14.1. The molecule has 1 aromatic carbocycles. The molecule has 3 amide bonds. The number of carbonyl (C=O) groups is 5. The first-order chi connectivity index (χ1) is 13.5. The summed E-state index contributed by atoms with van der Waals surface area (Å²) in [6.45, 7) is 0.553. The maximum atomic E-state index is 12.7. The molecule has 0 aliphatic rings. The van der Waals surface area contributed by atoms with Gasteiger partial charge < -0.3 is 25.4 Å². The lowest BCUT2D eigenvalue weighted by Gasteiger charge is -2.19. The van der Waals surface area contributed by atoms with E-state index in [9.17, 15) is 24.0 Å². The maximum absolute atomic E-state index is 12.7. The van der Waals surface area contributed by atoms with E-state index in [-0.39, 0.29) is 33.5 Å². The third-order valence-corrected chi connectivity index (χ3v) is 6.55. The summed E-state index contributed by atoms with van der Waals surface area (Å²) >= 11 is 5.59. The predicted octanol–water partition coefficient (Wildman–Crippen LogP) is 1.26. The number of rotatable bonds is 7. The highest BCUT2D eigenvalue weighted by Crippen LogP contribution is 2.35. The fraction of sp³-hybridized carbons (Fsp3) is 0.312. The number of methoxy groups -OCH3 is 2. The second-order valence-corrected chi connectivity index (χ2v) is 8.50. The molecule has 0 aliphatic heterocycles. The van der Waals surface area contributed by atoms with Crippen LogP contribution in [0.1, 0.15) is 27.6 Å². The molecule has 0 radical (unpaired) electrons. The van der Waals surface area contributed by atoms with Gasteiger partial charge in [-0.1, -0.05) is 0 Å². The van der Waals surface area contributed by atoms with E-state index in [0.717, 1.165) is 0 Å². The second kappa shape index (κ2) is 11.8. The van der Waals surface area contributed by atoms with Crippen molar-refractivity contribution in [3.05, 3.63) is 21.8 Å². The number of benzene rings is 1. The monoisotopic (exact) mass is 743 g/mol. The minimum absolute atomic E-state index is 0.0995. The molecule has 0 fully saturated rings. The van der Waals surface area contributed by atoms with Crippen LogP contribution in [0.2, 0.25) is 0 Å². The van der Waals surface area contributed by atoms with E-state index in [4.69, 9.17) is 0 Å². The number of hydrogen-bond acceptors (Lipinski definition) is 7. The van der Waals surface area contributed by atoms with Crippen molar-refractivity contribution in [2.45, 2.75) is 6.92 Å². The lowest BCUT2D eigenvalue weighted by Crippen LogP contribution is -2.34. The number of nitrogens with one attached hydrogen (secondary N) is 3. The molecule has 0 unspecified atom stereocenters. The Morgan fingerprint density at radius 3 is 1.45 bits per heavy atom. The van der Waals surface area contributed by atoms with Crippen molar-refractivity contribution in [3.8, 4) is 0 Å². The van der Waals surface area contributed by atoms with Crippen LogP contribution >= 0.6 is 67.8 Å². The van der Waals surface area contributed by atoms with Gasteiger partial charge in [-0.25, -0.2) is 0 Å². The van der Waals surface area contributed by atoms with Gasteiger partial charge in [0.2, 0.25) is 5.91 Å². The van der Waals surface area contributed by atoms with Crippen molar-refractivity contribution in [2.75, 3.05) is 32.6 Å². The Balaban J connectivity index is 3.49. The Hall–Kier alpha value is -1.24. The molecule has 0 saturated heterocycles. The van der Waals surface area contributed by atoms with E-state index >= 15 is 0 Å². The summed E-state index contributed by atoms with van der Waals surface area (Å²) in [4.78, 5) is 59.7. The van der Waals surface area contributed by atoms with E-state index in [1.165, 1.54) is 21.1 Å². The largest absolute Gasteiger partial charge is 0.468 e. The molecule has 10 nitrogen and oxygen atoms in total. The second-order valence-electron chi connectivity index (χ2n) is 5.27. The van der Waals surface area contributed by atoms with Crippen molar-refractivity contribution in [1.82, 2.24) is 10.6 Å². The third kappa shape index (κ3) is 6.90. The van der Waals surface area contributed by atoms with Crippen molar-refractivity contribution in [1.29, 1.82) is 0 Å². The molecule has 0 bridgehead atoms. The molecule has 0 aliphatic carbocycles. The van der Waals surface area contributed by atoms with Crippen molar-refractivity contribution in [2.24, 2.45) is 0 Å². The van der Waals surface area contributed by atoms with Crippen LogP contribution in [-0.4, -0.2) is 57.0 Å². The number of amides is 3. The fourth-order valence-electron chi connectivity index (χ4n) is 1.97. The summed E-state index contributed by atoms with van der Waals surface area (Å²) in [6.07, 6.45) is 0. The molecule has 1 rings (SSSR count). The number of carbonyl (C=O) groups excluding carboxylic acids is 5. The zero-order valence-electron chi connectivity index (χ0n) is 15.4. The van der Waals surface area contributed by atoms with Crippen LogP contribution in [0, 0.1) is 10.7 Å². The molecule has 29 heavy (non-hydrogen) atoms. The van der Waals surface area contributed by atoms with Gasteiger partial charge in [0.1, 0.15) is 13.1 Å². The Labute approximate surface area is 207 Å². The standard InChI is InChI=1S/C16H16I3N3O7/c1-6(23)22-14-12(18)9(15(26)20-4-7(24)28-2)11(17)10(13(14)19)16(27)21-5-8(25)29-3/h4-5H2,1-3H3,(H,20,26)(H,21,27)(H,22,23). The van der Waals surface area contributed by atoms with Crippen LogP contribution in [-0.2, 0) is 23.9 Å². The Morgan fingerprint density at radius 1 is 0.759 bits per heavy atom. The normalized spacial score (nSPS) is 10.0. The van der Waals surface area contributed by atoms with Crippen LogP contribution in [0.5, 0.6) is 0 Å². The summed E-state index contributed by atoms with van der Waals surface area (Å²) in [5.41, 5.74) is 0.468. The molecule has 158 valence electrons. The first kappa shape index (κ1) is 25.8. The number of esters is 2. The fourth-order valence-corrected chi connectivity index (χ4v) is 6.39. The number of ether oxygens (including phenoxy) is 2. The highest BCUT2D eigenvalue weighted by atomic mass is 127. The molecular formula is C16H16I3N3O7. The number of anilines is 1. The molecule has 0 saturated carbocycles. The van der Waals surface area contributed by atoms with Gasteiger partial charge >= 0.3 is 11.9 Å². The number of halogens is 3. The van der Waals surface area contributed by atoms with E-state index < -0.39 is 29.7 Å². The van der Waals surface area contributed by atoms with E-state index in [0.29, 0.717) is 7.14 Å². The molecule has 3 N–H and O–H groups in total. The molecule has 0 heterocycles. The van der Waals surface area contributed by atoms with E-state index in [2.05, 4.69) is 25.4 Å². The quantitative estimate of drug-likeness (QED) is 0.283. The lowest BCUT2D eigenvalue weighted by molar-refractivity contribution is -0.140. The molecule has 0 atom stereocenters. The summed E-state index contributed by atoms with van der Waals surface area (Å²) in [6, 6.07) is 0. The molecule has 0 aromatic heterocycles. The van der Waals surface area contributed by atoms with Crippen molar-refractivity contribution < 1.29 is 33.4 Å². The van der Waals surface area contributed by atoms with Gasteiger partial charge in [-0.3, -0.25) is 24.0 Å². The van der Waals surface area contributed by atoms with Crippen molar-refractivity contribution >= 4 is 103 Å². The van der Waals surface area contributed by atoms with Gasteiger partial charge in [0, 0.05) is 10.5 Å². The van der Waals surface area contributed by atoms with Gasteiger partial charge in [0.05, 0.1) is 38.2 Å². The van der Waals surface area contributed by atoms with E-state index in [1.807, 2.05) is 67.8 Å². The summed E-state index contributed by atoms with van der Waals surface area (Å²) < 4.78 is 10.1. The number of hydrogen-bond donors (Lipinski definition) is 3. The van der Waals surface area contributed by atoms with Gasteiger partial charge in [0.25, 0.3) is 11.8 Å². The first-order valence-corrected chi connectivity index (χ1v) is 11.0. The van der Waals surface area contributed by atoms with Crippen LogP contribution in [0.3, 0.4) is 0 Å². The van der Waals surface area contributed by atoms with Crippen molar-refractivity contribution in [3.63, 3.8) is 0 Å². The molecule has 1 aromatic rings. The van der Waals surface area contributed by atoms with E-state index in [1.54, 1.807) is 0 Å². The lowest BCUT2D eigenvalue weighted by atomic mass is 10.1. The zero-order valence-corrected chi connectivity index (χ0v) is 21.9. The molecule has 0 spiro atoms.